The van der Waals surface area contributed by atoms with Gasteiger partial charge in [0, 0.05) is 18.2 Å². The largest absolute Gasteiger partial charge is 0.351 e. The number of sulfone groups is 1. The molecule has 1 heterocycles. The van der Waals surface area contributed by atoms with E-state index >= 15 is 0 Å². The summed E-state index contributed by atoms with van der Waals surface area (Å²) in [5, 5.41) is 2.68. The van der Waals surface area contributed by atoms with E-state index < -0.39 is 21.5 Å². The van der Waals surface area contributed by atoms with Crippen LogP contribution in [0.1, 0.15) is 18.9 Å². The number of benzene rings is 1. The van der Waals surface area contributed by atoms with E-state index in [1.54, 1.807) is 4.90 Å². The molecule has 1 aromatic rings. The van der Waals surface area contributed by atoms with Crippen molar-refractivity contribution >= 4 is 15.7 Å². The Kier molecular flexibility index (Phi) is 5.69. The van der Waals surface area contributed by atoms with E-state index in [1.165, 1.54) is 12.1 Å². The minimum Gasteiger partial charge on any atom is -0.351 e. The van der Waals surface area contributed by atoms with E-state index in [9.17, 15) is 22.0 Å². The first kappa shape index (κ1) is 17.8. The molecule has 8 heteroatoms. The molecule has 1 aromatic carbocycles. The average molecular weight is 346 g/mol. The van der Waals surface area contributed by atoms with E-state index in [4.69, 9.17) is 0 Å². The summed E-state index contributed by atoms with van der Waals surface area (Å²) in [4.78, 5) is 13.7. The van der Waals surface area contributed by atoms with Gasteiger partial charge in [0.25, 0.3) is 0 Å². The number of hydrogen-bond acceptors (Lipinski definition) is 4. The van der Waals surface area contributed by atoms with Crippen LogP contribution in [0.4, 0.5) is 8.78 Å². The highest BCUT2D eigenvalue weighted by atomic mass is 32.2. The standard InChI is InChI=1S/C15H20F2N2O3S/c1-2-19(8-11-4-3-5-13(16)15(11)17)9-14(20)18-12-6-7-23(21,22)10-12/h3-5,12H,2,6-10H2,1H3,(H,18,20). The summed E-state index contributed by atoms with van der Waals surface area (Å²) in [6.07, 6.45) is 0.415. The Balaban J connectivity index is 1.91. The molecule has 2 rings (SSSR count). The fourth-order valence-electron chi connectivity index (χ4n) is 2.58. The Bertz CT molecular complexity index is 679. The van der Waals surface area contributed by atoms with Crippen molar-refractivity contribution in [2.45, 2.75) is 25.9 Å². The van der Waals surface area contributed by atoms with Gasteiger partial charge in [0.05, 0.1) is 18.1 Å². The molecule has 0 spiro atoms. The Morgan fingerprint density at radius 2 is 2.13 bits per heavy atom. The number of rotatable bonds is 6. The van der Waals surface area contributed by atoms with Crippen molar-refractivity contribution in [2.75, 3.05) is 24.6 Å². The van der Waals surface area contributed by atoms with Gasteiger partial charge in [-0.2, -0.15) is 0 Å². The predicted octanol–water partition coefficient (Wildman–Crippen LogP) is 1.09. The fraction of sp³-hybridized carbons (Fsp3) is 0.533. The zero-order valence-corrected chi connectivity index (χ0v) is 13.7. The van der Waals surface area contributed by atoms with Crippen molar-refractivity contribution in [2.24, 2.45) is 0 Å². The maximum Gasteiger partial charge on any atom is 0.234 e. The fourth-order valence-corrected chi connectivity index (χ4v) is 4.25. The van der Waals surface area contributed by atoms with Gasteiger partial charge in [0.1, 0.15) is 0 Å². The quantitative estimate of drug-likeness (QED) is 0.837. The highest BCUT2D eigenvalue weighted by Crippen LogP contribution is 2.14. The Morgan fingerprint density at radius 3 is 2.74 bits per heavy atom. The van der Waals surface area contributed by atoms with Crippen molar-refractivity contribution in [1.29, 1.82) is 0 Å². The van der Waals surface area contributed by atoms with Crippen molar-refractivity contribution in [1.82, 2.24) is 10.2 Å². The van der Waals surface area contributed by atoms with Crippen LogP contribution >= 0.6 is 0 Å². The molecule has 0 radical (unpaired) electrons. The Labute approximate surface area is 134 Å². The molecule has 128 valence electrons. The summed E-state index contributed by atoms with van der Waals surface area (Å²) >= 11 is 0. The number of nitrogens with one attached hydrogen (secondary N) is 1. The molecule has 1 atom stereocenters. The third-order valence-corrected chi connectivity index (χ3v) is 5.61. The van der Waals surface area contributed by atoms with Gasteiger partial charge in [-0.25, -0.2) is 17.2 Å². The molecular weight excluding hydrogens is 326 g/mol. The molecular formula is C15H20F2N2O3S. The van der Waals surface area contributed by atoms with Gasteiger partial charge in [-0.05, 0) is 19.0 Å². The van der Waals surface area contributed by atoms with E-state index in [-0.39, 0.29) is 42.1 Å². The number of carbonyl (C=O) groups is 1. The molecule has 1 amide bonds. The van der Waals surface area contributed by atoms with Crippen molar-refractivity contribution in [3.63, 3.8) is 0 Å². The summed E-state index contributed by atoms with van der Waals surface area (Å²) in [6, 6.07) is 3.58. The molecule has 0 bridgehead atoms. The highest BCUT2D eigenvalue weighted by molar-refractivity contribution is 7.91. The number of carbonyl (C=O) groups excluding carboxylic acids is 1. The topological polar surface area (TPSA) is 66.5 Å². The highest BCUT2D eigenvalue weighted by Gasteiger charge is 2.29. The van der Waals surface area contributed by atoms with Crippen molar-refractivity contribution in [3.8, 4) is 0 Å². The second kappa shape index (κ2) is 7.35. The SMILES string of the molecule is CCN(CC(=O)NC1CCS(=O)(=O)C1)Cc1cccc(F)c1F. The minimum atomic E-state index is -3.05. The molecule has 0 saturated carbocycles. The van der Waals surface area contributed by atoms with Gasteiger partial charge in [-0.3, -0.25) is 9.69 Å². The summed E-state index contributed by atoms with van der Waals surface area (Å²) in [5.41, 5.74) is 0.183. The summed E-state index contributed by atoms with van der Waals surface area (Å²) in [7, 11) is -3.05. The molecule has 1 N–H and O–H groups in total. The van der Waals surface area contributed by atoms with E-state index in [0.29, 0.717) is 13.0 Å². The molecule has 0 aromatic heterocycles. The second-order valence-electron chi connectivity index (χ2n) is 5.68. The molecule has 1 unspecified atom stereocenters. The Hall–Kier alpha value is -1.54. The number of amides is 1. The molecule has 23 heavy (non-hydrogen) atoms. The van der Waals surface area contributed by atoms with Gasteiger partial charge < -0.3 is 5.32 Å². The van der Waals surface area contributed by atoms with Crippen LogP contribution in [0.15, 0.2) is 18.2 Å². The lowest BCUT2D eigenvalue weighted by Crippen LogP contribution is -2.42. The monoisotopic (exact) mass is 346 g/mol. The van der Waals surface area contributed by atoms with Crippen LogP contribution in [0.25, 0.3) is 0 Å². The molecule has 1 aliphatic heterocycles. The third kappa shape index (κ3) is 4.97. The lowest BCUT2D eigenvalue weighted by atomic mass is 10.2. The first-order chi connectivity index (χ1) is 10.8. The first-order valence-electron chi connectivity index (χ1n) is 7.45. The van der Waals surface area contributed by atoms with Crippen LogP contribution < -0.4 is 5.32 Å². The lowest BCUT2D eigenvalue weighted by Gasteiger charge is -2.21. The summed E-state index contributed by atoms with van der Waals surface area (Å²) in [5.74, 6) is -2.09. The first-order valence-corrected chi connectivity index (χ1v) is 9.28. The zero-order chi connectivity index (χ0) is 17.0. The number of nitrogens with zero attached hydrogens (tertiary/aromatic N) is 1. The normalized spacial score (nSPS) is 19.9. The third-order valence-electron chi connectivity index (χ3n) is 3.84. The van der Waals surface area contributed by atoms with Gasteiger partial charge in [0.2, 0.25) is 5.91 Å². The number of halogens is 2. The molecule has 1 aliphatic rings. The minimum absolute atomic E-state index is 0.00298. The van der Waals surface area contributed by atoms with Gasteiger partial charge >= 0.3 is 0 Å². The van der Waals surface area contributed by atoms with Crippen LogP contribution in [0.3, 0.4) is 0 Å². The van der Waals surface area contributed by atoms with Gasteiger partial charge in [-0.15, -0.1) is 0 Å². The lowest BCUT2D eigenvalue weighted by molar-refractivity contribution is -0.122. The summed E-state index contributed by atoms with van der Waals surface area (Å²) in [6.45, 7) is 2.40. The van der Waals surface area contributed by atoms with E-state index in [2.05, 4.69) is 5.32 Å². The molecule has 5 nitrogen and oxygen atoms in total. The predicted molar refractivity (Wildman–Crippen MR) is 82.5 cm³/mol. The van der Waals surface area contributed by atoms with Crippen molar-refractivity contribution < 1.29 is 22.0 Å². The van der Waals surface area contributed by atoms with Gasteiger partial charge in [0.15, 0.2) is 21.5 Å². The Morgan fingerprint density at radius 1 is 1.39 bits per heavy atom. The van der Waals surface area contributed by atoms with Crippen molar-refractivity contribution in [3.05, 3.63) is 35.4 Å². The van der Waals surface area contributed by atoms with Crippen LogP contribution in [0.2, 0.25) is 0 Å². The van der Waals surface area contributed by atoms with Crippen LogP contribution in [-0.2, 0) is 21.2 Å². The van der Waals surface area contributed by atoms with Crippen LogP contribution in [0.5, 0.6) is 0 Å². The van der Waals surface area contributed by atoms with Gasteiger partial charge in [-0.1, -0.05) is 19.1 Å². The van der Waals surface area contributed by atoms with E-state index in [0.717, 1.165) is 6.07 Å². The molecule has 1 fully saturated rings. The average Bonchev–Trinajstić information content (AvgIpc) is 2.81. The maximum absolute atomic E-state index is 13.7. The smallest absolute Gasteiger partial charge is 0.234 e. The number of hydrogen-bond donors (Lipinski definition) is 1. The zero-order valence-electron chi connectivity index (χ0n) is 12.9. The summed E-state index contributed by atoms with van der Waals surface area (Å²) < 4.78 is 49.6. The van der Waals surface area contributed by atoms with Crippen LogP contribution in [-0.4, -0.2) is 49.9 Å². The maximum atomic E-state index is 13.7. The molecule has 1 saturated heterocycles. The second-order valence-corrected chi connectivity index (χ2v) is 7.91. The van der Waals surface area contributed by atoms with E-state index in [1.807, 2.05) is 6.92 Å². The van der Waals surface area contributed by atoms with Crippen LogP contribution in [0, 0.1) is 11.6 Å². The number of likely N-dealkylation sites (N-methyl/N-ethyl adjacent to an activating group) is 1. The molecule has 0 aliphatic carbocycles.